The van der Waals surface area contributed by atoms with E-state index in [0.717, 1.165) is 25.7 Å². The predicted molar refractivity (Wildman–Crippen MR) is 122 cm³/mol. The smallest absolute Gasteiger partial charge is 0.321 e. The second kappa shape index (κ2) is 11.0. The van der Waals surface area contributed by atoms with Gasteiger partial charge in [-0.3, -0.25) is 4.79 Å². The Hall–Kier alpha value is -2.53. The molecule has 0 radical (unpaired) electrons. The molecular weight excluding hydrogens is 398 g/mol. The van der Waals surface area contributed by atoms with E-state index >= 15 is 0 Å². The molecule has 0 spiro atoms. The van der Waals surface area contributed by atoms with Crippen LogP contribution in [0.1, 0.15) is 38.2 Å². The fraction of sp³-hybridized carbons (Fsp3) is 0.417. The van der Waals surface area contributed by atoms with Crippen LogP contribution in [0.25, 0.3) is 0 Å². The Bertz CT molecular complexity index is 835. The second-order valence-electron chi connectivity index (χ2n) is 8.07. The van der Waals surface area contributed by atoms with E-state index in [0.29, 0.717) is 36.1 Å². The number of amides is 3. The zero-order valence-electron chi connectivity index (χ0n) is 17.4. The lowest BCUT2D eigenvalue weighted by atomic mass is 9.93. The van der Waals surface area contributed by atoms with Crippen molar-refractivity contribution in [2.75, 3.05) is 18.4 Å². The topological polar surface area (TPSA) is 61.4 Å². The molecule has 0 aromatic heterocycles. The fourth-order valence-corrected chi connectivity index (χ4v) is 4.00. The van der Waals surface area contributed by atoms with Crippen LogP contribution in [-0.4, -0.2) is 36.0 Å². The first-order valence-corrected chi connectivity index (χ1v) is 11.0. The van der Waals surface area contributed by atoms with Crippen molar-refractivity contribution in [3.63, 3.8) is 0 Å². The summed E-state index contributed by atoms with van der Waals surface area (Å²) in [6.07, 6.45) is 4.10. The normalized spacial score (nSPS) is 15.5. The van der Waals surface area contributed by atoms with Gasteiger partial charge in [0.15, 0.2) is 0 Å². The second-order valence-corrected chi connectivity index (χ2v) is 8.50. The van der Waals surface area contributed by atoms with Crippen molar-refractivity contribution in [2.24, 2.45) is 5.92 Å². The first-order valence-electron chi connectivity index (χ1n) is 10.6. The van der Waals surface area contributed by atoms with Crippen molar-refractivity contribution in [1.82, 2.24) is 10.2 Å². The molecule has 2 N–H and O–H groups in total. The Kier molecular flexibility index (Phi) is 8.14. The van der Waals surface area contributed by atoms with Gasteiger partial charge in [-0.2, -0.15) is 0 Å². The monoisotopic (exact) mass is 427 g/mol. The summed E-state index contributed by atoms with van der Waals surface area (Å²) in [7, 11) is 0. The molecule has 1 atom stereocenters. The fourth-order valence-electron chi connectivity index (χ4n) is 3.80. The molecule has 0 saturated carbocycles. The van der Waals surface area contributed by atoms with Gasteiger partial charge in [0.25, 0.3) is 0 Å². The Morgan fingerprint density at radius 2 is 1.83 bits per heavy atom. The summed E-state index contributed by atoms with van der Waals surface area (Å²) in [5, 5.41) is 6.60. The molecule has 0 bridgehead atoms. The minimum atomic E-state index is -0.116. The summed E-state index contributed by atoms with van der Waals surface area (Å²) in [5.41, 5.74) is 1.99. The van der Waals surface area contributed by atoms with Crippen LogP contribution in [-0.2, 0) is 11.2 Å². The third-order valence-electron chi connectivity index (χ3n) is 5.57. The lowest BCUT2D eigenvalue weighted by Gasteiger charge is -2.32. The van der Waals surface area contributed by atoms with E-state index in [-0.39, 0.29) is 18.0 Å². The number of piperidine rings is 1. The van der Waals surface area contributed by atoms with Gasteiger partial charge in [-0.1, -0.05) is 48.0 Å². The van der Waals surface area contributed by atoms with Gasteiger partial charge in [0, 0.05) is 36.3 Å². The number of aryl methyl sites for hydroxylation is 1. The maximum atomic E-state index is 12.4. The van der Waals surface area contributed by atoms with Crippen molar-refractivity contribution in [3.05, 3.63) is 65.2 Å². The number of anilines is 1. The van der Waals surface area contributed by atoms with Crippen molar-refractivity contribution >= 4 is 29.2 Å². The lowest BCUT2D eigenvalue weighted by Crippen LogP contribution is -2.42. The Morgan fingerprint density at radius 3 is 2.53 bits per heavy atom. The first-order chi connectivity index (χ1) is 14.5. The number of halogens is 1. The van der Waals surface area contributed by atoms with Crippen LogP contribution in [0, 0.1) is 5.92 Å². The number of benzene rings is 2. The summed E-state index contributed by atoms with van der Waals surface area (Å²) >= 11 is 5.97. The highest BCUT2D eigenvalue weighted by atomic mass is 35.5. The van der Waals surface area contributed by atoms with Crippen LogP contribution in [0.2, 0.25) is 5.02 Å². The highest BCUT2D eigenvalue weighted by molar-refractivity contribution is 6.30. The lowest BCUT2D eigenvalue weighted by molar-refractivity contribution is -0.122. The maximum absolute atomic E-state index is 12.4. The number of carbonyl (C=O) groups excluding carboxylic acids is 2. The number of carbonyl (C=O) groups is 2. The average Bonchev–Trinajstić information content (AvgIpc) is 2.73. The number of rotatable bonds is 7. The van der Waals surface area contributed by atoms with E-state index in [9.17, 15) is 9.59 Å². The van der Waals surface area contributed by atoms with E-state index in [1.807, 2.05) is 30.3 Å². The number of nitrogens with one attached hydrogen (secondary N) is 2. The number of hydrogen-bond acceptors (Lipinski definition) is 2. The molecule has 1 heterocycles. The standard InChI is InChI=1S/C24H30ClN3O2/c1-18(10-11-19-6-3-2-4-7-19)26-23(29)16-20-12-14-28(15-13-20)24(30)27-22-9-5-8-21(25)17-22/h2-9,17-18,20H,10-16H2,1H3,(H,26,29)(H,27,30). The number of likely N-dealkylation sites (tertiary alicyclic amines) is 1. The SMILES string of the molecule is CC(CCc1ccccc1)NC(=O)CC1CCN(C(=O)Nc2cccc(Cl)c2)CC1. The molecule has 0 aliphatic carbocycles. The van der Waals surface area contributed by atoms with Gasteiger partial charge in [-0.25, -0.2) is 4.79 Å². The van der Waals surface area contributed by atoms with E-state index in [4.69, 9.17) is 11.6 Å². The van der Waals surface area contributed by atoms with Crippen LogP contribution in [0.5, 0.6) is 0 Å². The minimum absolute atomic E-state index is 0.109. The molecule has 1 aliphatic heterocycles. The van der Waals surface area contributed by atoms with Gasteiger partial charge in [0.05, 0.1) is 0 Å². The highest BCUT2D eigenvalue weighted by Crippen LogP contribution is 2.22. The molecule has 1 aliphatic rings. The van der Waals surface area contributed by atoms with Gasteiger partial charge in [-0.15, -0.1) is 0 Å². The van der Waals surface area contributed by atoms with E-state index in [1.165, 1.54) is 5.56 Å². The van der Waals surface area contributed by atoms with Crippen molar-refractivity contribution in [1.29, 1.82) is 0 Å². The van der Waals surface area contributed by atoms with Crippen molar-refractivity contribution in [3.8, 4) is 0 Å². The molecule has 30 heavy (non-hydrogen) atoms. The molecule has 160 valence electrons. The van der Waals surface area contributed by atoms with Crippen LogP contribution < -0.4 is 10.6 Å². The third kappa shape index (κ3) is 7.06. The first kappa shape index (κ1) is 22.2. The molecule has 3 amide bonds. The molecule has 2 aromatic rings. The largest absolute Gasteiger partial charge is 0.354 e. The van der Waals surface area contributed by atoms with Gasteiger partial charge >= 0.3 is 6.03 Å². The zero-order chi connectivity index (χ0) is 21.3. The predicted octanol–water partition coefficient (Wildman–Crippen LogP) is 5.11. The number of hydrogen-bond donors (Lipinski definition) is 2. The Balaban J connectivity index is 1.35. The number of urea groups is 1. The molecule has 2 aromatic carbocycles. The third-order valence-corrected chi connectivity index (χ3v) is 5.80. The van der Waals surface area contributed by atoms with Gasteiger partial charge < -0.3 is 15.5 Å². The van der Waals surface area contributed by atoms with Crippen LogP contribution in [0.3, 0.4) is 0 Å². The highest BCUT2D eigenvalue weighted by Gasteiger charge is 2.24. The summed E-state index contributed by atoms with van der Waals surface area (Å²) in [6, 6.07) is 17.5. The van der Waals surface area contributed by atoms with E-state index in [2.05, 4.69) is 29.7 Å². The van der Waals surface area contributed by atoms with E-state index < -0.39 is 0 Å². The van der Waals surface area contributed by atoms with Crippen LogP contribution in [0.15, 0.2) is 54.6 Å². The quantitative estimate of drug-likeness (QED) is 0.644. The van der Waals surface area contributed by atoms with Gasteiger partial charge in [0.2, 0.25) is 5.91 Å². The molecule has 3 rings (SSSR count). The van der Waals surface area contributed by atoms with E-state index in [1.54, 1.807) is 17.0 Å². The summed E-state index contributed by atoms with van der Waals surface area (Å²) < 4.78 is 0. The number of nitrogens with zero attached hydrogens (tertiary/aromatic N) is 1. The van der Waals surface area contributed by atoms with Gasteiger partial charge in [-0.05, 0) is 62.3 Å². The van der Waals surface area contributed by atoms with Crippen molar-refractivity contribution < 1.29 is 9.59 Å². The Morgan fingerprint density at radius 1 is 1.10 bits per heavy atom. The molecule has 5 nitrogen and oxygen atoms in total. The molecule has 1 saturated heterocycles. The average molecular weight is 428 g/mol. The van der Waals surface area contributed by atoms with Gasteiger partial charge in [0.1, 0.15) is 0 Å². The Labute approximate surface area is 183 Å². The minimum Gasteiger partial charge on any atom is -0.354 e. The zero-order valence-corrected chi connectivity index (χ0v) is 18.2. The molecular formula is C24H30ClN3O2. The maximum Gasteiger partial charge on any atom is 0.321 e. The summed E-state index contributed by atoms with van der Waals surface area (Å²) in [5.74, 6) is 0.430. The van der Waals surface area contributed by atoms with Crippen LogP contribution >= 0.6 is 11.6 Å². The molecule has 1 fully saturated rings. The molecule has 6 heteroatoms. The summed E-state index contributed by atoms with van der Waals surface area (Å²) in [6.45, 7) is 3.38. The van der Waals surface area contributed by atoms with Crippen LogP contribution in [0.4, 0.5) is 10.5 Å². The van der Waals surface area contributed by atoms with Crippen molar-refractivity contribution in [2.45, 2.75) is 45.1 Å². The molecule has 1 unspecified atom stereocenters. The summed E-state index contributed by atoms with van der Waals surface area (Å²) in [4.78, 5) is 26.6.